The zero-order chi connectivity index (χ0) is 19.7. The lowest BCUT2D eigenvalue weighted by Gasteiger charge is -2.25. The Morgan fingerprint density at radius 3 is 2.82 bits per heavy atom. The second kappa shape index (κ2) is 7.30. The van der Waals surface area contributed by atoms with Crippen molar-refractivity contribution in [2.75, 3.05) is 30.4 Å². The largest absolute Gasteiger partial charge is 0.481 e. The Balaban J connectivity index is 1.59. The number of anilines is 2. The molecule has 3 amide bonds. The van der Waals surface area contributed by atoms with Gasteiger partial charge in [0.25, 0.3) is 5.91 Å². The number of methoxy groups -OCH3 is 1. The fourth-order valence-corrected chi connectivity index (χ4v) is 3.69. The molecule has 0 aliphatic carbocycles. The number of carbonyl (C=O) groups is 3. The van der Waals surface area contributed by atoms with E-state index in [-0.39, 0.29) is 24.3 Å². The first-order valence-electron chi connectivity index (χ1n) is 9.10. The summed E-state index contributed by atoms with van der Waals surface area (Å²) in [5, 5.41) is 2.73. The van der Waals surface area contributed by atoms with Crippen molar-refractivity contribution in [3.05, 3.63) is 48.2 Å². The van der Waals surface area contributed by atoms with Crippen LogP contribution in [0.25, 0.3) is 0 Å². The molecule has 2 aliphatic heterocycles. The van der Waals surface area contributed by atoms with Crippen LogP contribution in [0.4, 0.5) is 11.4 Å². The van der Waals surface area contributed by atoms with Crippen molar-refractivity contribution in [2.24, 2.45) is 0 Å². The molecule has 2 aromatic rings. The first kappa shape index (κ1) is 18.0. The second-order valence-electron chi connectivity index (χ2n) is 6.74. The highest BCUT2D eigenvalue weighted by molar-refractivity contribution is 6.13. The minimum atomic E-state index is -0.518. The molecule has 1 fully saturated rings. The summed E-state index contributed by atoms with van der Waals surface area (Å²) >= 11 is 0. The Kier molecular flexibility index (Phi) is 4.68. The molecule has 1 aromatic carbocycles. The molecule has 0 spiro atoms. The molecular weight excluding hydrogens is 360 g/mol. The third-order valence-electron chi connectivity index (χ3n) is 5.02. The summed E-state index contributed by atoms with van der Waals surface area (Å²) in [6, 6.07) is 9.71. The Labute approximate surface area is 162 Å². The lowest BCUT2D eigenvalue weighted by Crippen LogP contribution is -2.47. The maximum absolute atomic E-state index is 13.1. The van der Waals surface area contributed by atoms with Gasteiger partial charge >= 0.3 is 0 Å². The molecule has 1 atom stereocenters. The summed E-state index contributed by atoms with van der Waals surface area (Å²) in [6.07, 6.45) is 2.87. The molecule has 0 bridgehead atoms. The summed E-state index contributed by atoms with van der Waals surface area (Å²) in [6.45, 7) is 0.376. The van der Waals surface area contributed by atoms with Crippen LogP contribution in [0.3, 0.4) is 0 Å². The van der Waals surface area contributed by atoms with Gasteiger partial charge in [0.2, 0.25) is 17.7 Å². The van der Waals surface area contributed by atoms with E-state index in [0.717, 1.165) is 6.42 Å². The second-order valence-corrected chi connectivity index (χ2v) is 6.74. The van der Waals surface area contributed by atoms with Gasteiger partial charge < -0.3 is 19.9 Å². The number of pyridine rings is 1. The van der Waals surface area contributed by atoms with Crippen LogP contribution in [0.2, 0.25) is 0 Å². The topological polar surface area (TPSA) is 91.8 Å². The van der Waals surface area contributed by atoms with Crippen molar-refractivity contribution in [1.82, 2.24) is 9.88 Å². The summed E-state index contributed by atoms with van der Waals surface area (Å²) in [5.74, 6) is -0.309. The van der Waals surface area contributed by atoms with Crippen LogP contribution in [0.1, 0.15) is 23.2 Å². The molecule has 2 aliphatic rings. The number of aromatic nitrogens is 1. The summed E-state index contributed by atoms with van der Waals surface area (Å²) in [7, 11) is 1.51. The molecule has 1 N–H and O–H groups in total. The van der Waals surface area contributed by atoms with Crippen LogP contribution >= 0.6 is 0 Å². The fraction of sp³-hybridized carbons (Fsp3) is 0.300. The average Bonchev–Trinajstić information content (AvgIpc) is 3.19. The number of carbonyl (C=O) groups excluding carboxylic acids is 3. The minimum Gasteiger partial charge on any atom is -0.481 e. The predicted octanol–water partition coefficient (Wildman–Crippen LogP) is 1.68. The van der Waals surface area contributed by atoms with Gasteiger partial charge in [-0.15, -0.1) is 0 Å². The Morgan fingerprint density at radius 2 is 2.07 bits per heavy atom. The third-order valence-corrected chi connectivity index (χ3v) is 5.02. The number of rotatable bonds is 4. The molecule has 144 valence electrons. The molecular formula is C20H20N4O4. The number of amides is 3. The van der Waals surface area contributed by atoms with E-state index in [1.165, 1.54) is 18.2 Å². The molecule has 1 aromatic heterocycles. The fourth-order valence-electron chi connectivity index (χ4n) is 3.69. The van der Waals surface area contributed by atoms with Gasteiger partial charge in [0, 0.05) is 12.6 Å². The normalized spacial score (nSPS) is 18.4. The Morgan fingerprint density at radius 1 is 1.25 bits per heavy atom. The van der Waals surface area contributed by atoms with Crippen molar-refractivity contribution in [3.8, 4) is 5.88 Å². The maximum atomic E-state index is 13.1. The van der Waals surface area contributed by atoms with E-state index in [4.69, 9.17) is 4.74 Å². The number of para-hydroxylation sites is 1. The molecule has 8 heteroatoms. The number of benzene rings is 1. The molecule has 3 heterocycles. The van der Waals surface area contributed by atoms with Crippen molar-refractivity contribution >= 4 is 29.1 Å². The van der Waals surface area contributed by atoms with Crippen molar-refractivity contribution in [2.45, 2.75) is 18.9 Å². The van der Waals surface area contributed by atoms with Gasteiger partial charge in [-0.25, -0.2) is 4.98 Å². The lowest BCUT2D eigenvalue weighted by molar-refractivity contribution is -0.124. The number of ether oxygens (including phenoxy) is 1. The van der Waals surface area contributed by atoms with Gasteiger partial charge in [0.05, 0.1) is 30.2 Å². The van der Waals surface area contributed by atoms with Crippen molar-refractivity contribution in [3.63, 3.8) is 0 Å². The molecule has 1 saturated heterocycles. The maximum Gasteiger partial charge on any atom is 0.256 e. The smallest absolute Gasteiger partial charge is 0.256 e. The minimum absolute atomic E-state index is 0.159. The first-order chi connectivity index (χ1) is 13.6. The lowest BCUT2D eigenvalue weighted by atomic mass is 10.1. The van der Waals surface area contributed by atoms with E-state index >= 15 is 0 Å². The zero-order valence-electron chi connectivity index (χ0n) is 15.4. The number of hydrogen-bond donors (Lipinski definition) is 1. The van der Waals surface area contributed by atoms with Gasteiger partial charge in [-0.05, 0) is 31.0 Å². The molecule has 8 nitrogen and oxygen atoms in total. The van der Waals surface area contributed by atoms with Crippen molar-refractivity contribution in [1.29, 1.82) is 0 Å². The molecule has 1 unspecified atom stereocenters. The van der Waals surface area contributed by atoms with Crippen molar-refractivity contribution < 1.29 is 19.1 Å². The van der Waals surface area contributed by atoms with Crippen LogP contribution in [-0.4, -0.2) is 53.8 Å². The summed E-state index contributed by atoms with van der Waals surface area (Å²) in [5.41, 5.74) is 1.41. The molecule has 0 radical (unpaired) electrons. The highest BCUT2D eigenvalue weighted by Crippen LogP contribution is 2.32. The number of hydrogen-bond acceptors (Lipinski definition) is 5. The SMILES string of the molecule is COc1ccc(NC(=O)CN2C(=O)C3CCCN3C(=O)c3ccccc32)cn1. The first-order valence-corrected chi connectivity index (χ1v) is 9.10. The third kappa shape index (κ3) is 3.17. The van der Waals surface area contributed by atoms with E-state index in [1.54, 1.807) is 41.3 Å². The quantitative estimate of drug-likeness (QED) is 0.871. The van der Waals surface area contributed by atoms with Gasteiger partial charge in [-0.2, -0.15) is 0 Å². The Bertz CT molecular complexity index is 928. The van der Waals surface area contributed by atoms with Gasteiger partial charge in [0.1, 0.15) is 12.6 Å². The van der Waals surface area contributed by atoms with Gasteiger partial charge in [-0.1, -0.05) is 12.1 Å². The highest BCUT2D eigenvalue weighted by Gasteiger charge is 2.42. The van der Waals surface area contributed by atoms with Crippen LogP contribution < -0.4 is 15.0 Å². The van der Waals surface area contributed by atoms with Gasteiger partial charge in [0.15, 0.2) is 0 Å². The van der Waals surface area contributed by atoms with Crippen LogP contribution in [-0.2, 0) is 9.59 Å². The monoisotopic (exact) mass is 380 g/mol. The Hall–Kier alpha value is -3.42. The van der Waals surface area contributed by atoms with Crippen LogP contribution in [0.15, 0.2) is 42.6 Å². The number of nitrogens with one attached hydrogen (secondary N) is 1. The van der Waals surface area contributed by atoms with E-state index < -0.39 is 6.04 Å². The summed E-state index contributed by atoms with van der Waals surface area (Å²) in [4.78, 5) is 45.7. The van der Waals surface area contributed by atoms with E-state index in [9.17, 15) is 14.4 Å². The molecule has 28 heavy (non-hydrogen) atoms. The summed E-state index contributed by atoms with van der Waals surface area (Å²) < 4.78 is 5.00. The van der Waals surface area contributed by atoms with E-state index in [2.05, 4.69) is 10.3 Å². The van der Waals surface area contributed by atoms with Gasteiger partial charge in [-0.3, -0.25) is 14.4 Å². The average molecular weight is 380 g/mol. The van der Waals surface area contributed by atoms with Crippen LogP contribution in [0.5, 0.6) is 5.88 Å². The van der Waals surface area contributed by atoms with E-state index in [1.807, 2.05) is 0 Å². The molecule has 0 saturated carbocycles. The number of fused-ring (bicyclic) bond motifs is 2. The highest BCUT2D eigenvalue weighted by atomic mass is 16.5. The van der Waals surface area contributed by atoms with E-state index in [0.29, 0.717) is 35.8 Å². The number of nitrogens with zero attached hydrogens (tertiary/aromatic N) is 3. The predicted molar refractivity (Wildman–Crippen MR) is 102 cm³/mol. The van der Waals surface area contributed by atoms with Crippen LogP contribution in [0, 0.1) is 0 Å². The zero-order valence-corrected chi connectivity index (χ0v) is 15.4. The molecule has 4 rings (SSSR count). The standard InChI is InChI=1S/C20H20N4O4/c1-28-18-9-8-13(11-21-18)22-17(25)12-24-15-6-3-2-5-14(15)19(26)23-10-4-7-16(23)20(24)27/h2-3,5-6,8-9,11,16H,4,7,10,12H2,1H3,(H,22,25).